The van der Waals surface area contributed by atoms with E-state index in [1.54, 1.807) is 18.2 Å². The van der Waals surface area contributed by atoms with E-state index in [9.17, 15) is 14.9 Å². The molecule has 0 fully saturated rings. The van der Waals surface area contributed by atoms with Crippen molar-refractivity contribution in [3.05, 3.63) is 46.5 Å². The monoisotopic (exact) mass is 250 g/mol. The van der Waals surface area contributed by atoms with Crippen LogP contribution in [0.2, 0.25) is 0 Å². The van der Waals surface area contributed by atoms with Gasteiger partial charge in [0.15, 0.2) is 0 Å². The Kier molecular flexibility index (Phi) is 5.33. The zero-order valence-corrected chi connectivity index (χ0v) is 9.63. The van der Waals surface area contributed by atoms with Gasteiger partial charge in [-0.25, -0.2) is 4.79 Å². The number of nitro benzene ring substituents is 1. The third kappa shape index (κ3) is 4.62. The van der Waals surface area contributed by atoms with Gasteiger partial charge < -0.3 is 16.4 Å². The summed E-state index contributed by atoms with van der Waals surface area (Å²) in [5.41, 5.74) is 5.53. The minimum Gasteiger partial charge on any atom is -0.334 e. The number of hydrogen-bond acceptors (Lipinski definition) is 4. The van der Waals surface area contributed by atoms with Crippen LogP contribution in [0.4, 0.5) is 16.2 Å². The van der Waals surface area contributed by atoms with Gasteiger partial charge in [-0.3, -0.25) is 10.1 Å². The standard InChI is InChI=1S/C11H14N4O3/c12-6-1-2-7-13-11(16)14-9-4-3-5-10(8-9)15(17)18/h1-5,8H,6-7,12H2,(H2,13,14,16)/b2-1+. The Hall–Kier alpha value is -2.41. The van der Waals surface area contributed by atoms with Crippen molar-refractivity contribution in [2.24, 2.45) is 5.73 Å². The summed E-state index contributed by atoms with van der Waals surface area (Å²) in [5.74, 6) is 0. The van der Waals surface area contributed by atoms with Gasteiger partial charge in [0.1, 0.15) is 0 Å². The highest BCUT2D eigenvalue weighted by molar-refractivity contribution is 5.89. The maximum atomic E-state index is 11.4. The number of nitrogens with one attached hydrogen (secondary N) is 2. The lowest BCUT2D eigenvalue weighted by molar-refractivity contribution is -0.384. The topological polar surface area (TPSA) is 110 Å². The summed E-state index contributed by atoms with van der Waals surface area (Å²) in [5, 5.41) is 15.6. The van der Waals surface area contributed by atoms with Crippen LogP contribution in [0.25, 0.3) is 0 Å². The Morgan fingerprint density at radius 2 is 2.22 bits per heavy atom. The molecule has 0 spiro atoms. The lowest BCUT2D eigenvalue weighted by atomic mass is 10.3. The molecule has 0 aliphatic heterocycles. The third-order valence-corrected chi connectivity index (χ3v) is 2.00. The van der Waals surface area contributed by atoms with Crippen molar-refractivity contribution >= 4 is 17.4 Å². The van der Waals surface area contributed by atoms with Crippen molar-refractivity contribution in [2.45, 2.75) is 0 Å². The number of carbonyl (C=O) groups is 1. The van der Waals surface area contributed by atoms with E-state index < -0.39 is 11.0 Å². The van der Waals surface area contributed by atoms with Crippen LogP contribution >= 0.6 is 0 Å². The quantitative estimate of drug-likeness (QED) is 0.414. The molecule has 0 atom stereocenters. The van der Waals surface area contributed by atoms with E-state index in [0.717, 1.165) is 0 Å². The van der Waals surface area contributed by atoms with Crippen LogP contribution < -0.4 is 16.4 Å². The van der Waals surface area contributed by atoms with E-state index in [2.05, 4.69) is 10.6 Å². The van der Waals surface area contributed by atoms with Crippen molar-refractivity contribution in [2.75, 3.05) is 18.4 Å². The predicted octanol–water partition coefficient (Wildman–Crippen LogP) is 1.23. The number of non-ortho nitro benzene ring substituents is 1. The normalized spacial score (nSPS) is 10.3. The van der Waals surface area contributed by atoms with Crippen molar-refractivity contribution < 1.29 is 9.72 Å². The molecule has 0 bridgehead atoms. The van der Waals surface area contributed by atoms with Gasteiger partial charge in [0.25, 0.3) is 5.69 Å². The Balaban J connectivity index is 2.51. The van der Waals surface area contributed by atoms with Crippen LogP contribution in [0.3, 0.4) is 0 Å². The first-order valence-electron chi connectivity index (χ1n) is 5.28. The molecule has 0 aliphatic rings. The number of nitro groups is 1. The summed E-state index contributed by atoms with van der Waals surface area (Å²) in [7, 11) is 0. The van der Waals surface area contributed by atoms with Gasteiger partial charge in [-0.15, -0.1) is 0 Å². The fraction of sp³-hybridized carbons (Fsp3) is 0.182. The molecule has 2 amide bonds. The zero-order valence-electron chi connectivity index (χ0n) is 9.63. The SMILES string of the molecule is NC/C=C/CNC(=O)Nc1cccc([N+](=O)[O-])c1. The van der Waals surface area contributed by atoms with Crippen LogP contribution in [0.15, 0.2) is 36.4 Å². The Bertz CT molecular complexity index is 459. The van der Waals surface area contributed by atoms with Gasteiger partial charge in [-0.1, -0.05) is 18.2 Å². The van der Waals surface area contributed by atoms with Gasteiger partial charge in [0, 0.05) is 30.9 Å². The maximum Gasteiger partial charge on any atom is 0.319 e. The van der Waals surface area contributed by atoms with E-state index in [0.29, 0.717) is 18.8 Å². The zero-order chi connectivity index (χ0) is 13.4. The molecule has 0 heterocycles. The Morgan fingerprint density at radius 3 is 2.89 bits per heavy atom. The number of amides is 2. The molecule has 0 unspecified atom stereocenters. The van der Waals surface area contributed by atoms with Crippen molar-refractivity contribution in [1.82, 2.24) is 5.32 Å². The maximum absolute atomic E-state index is 11.4. The average molecular weight is 250 g/mol. The van der Waals surface area contributed by atoms with E-state index in [4.69, 9.17) is 5.73 Å². The molecule has 0 radical (unpaired) electrons. The largest absolute Gasteiger partial charge is 0.334 e. The lowest BCUT2D eigenvalue weighted by Crippen LogP contribution is -2.28. The highest BCUT2D eigenvalue weighted by atomic mass is 16.6. The summed E-state index contributed by atoms with van der Waals surface area (Å²) >= 11 is 0. The number of nitrogens with zero attached hydrogens (tertiary/aromatic N) is 1. The van der Waals surface area contributed by atoms with E-state index >= 15 is 0 Å². The number of hydrogen-bond donors (Lipinski definition) is 3. The Morgan fingerprint density at radius 1 is 1.44 bits per heavy atom. The molecule has 0 saturated carbocycles. The van der Waals surface area contributed by atoms with Crippen LogP contribution in [0, 0.1) is 10.1 Å². The average Bonchev–Trinajstić information content (AvgIpc) is 2.35. The summed E-state index contributed by atoms with van der Waals surface area (Å²) in [4.78, 5) is 21.4. The summed E-state index contributed by atoms with van der Waals surface area (Å²) < 4.78 is 0. The van der Waals surface area contributed by atoms with Gasteiger partial charge in [-0.05, 0) is 6.07 Å². The molecule has 0 saturated heterocycles. The first-order chi connectivity index (χ1) is 8.63. The number of benzene rings is 1. The minimum atomic E-state index is -0.521. The molecule has 7 nitrogen and oxygen atoms in total. The smallest absolute Gasteiger partial charge is 0.319 e. The third-order valence-electron chi connectivity index (χ3n) is 2.00. The number of anilines is 1. The molecule has 96 valence electrons. The molecule has 1 aromatic carbocycles. The van der Waals surface area contributed by atoms with Crippen LogP contribution in [-0.2, 0) is 0 Å². The van der Waals surface area contributed by atoms with Gasteiger partial charge in [0.2, 0.25) is 0 Å². The fourth-order valence-electron chi connectivity index (χ4n) is 1.20. The molecule has 1 aromatic rings. The molecule has 0 aromatic heterocycles. The second-order valence-corrected chi connectivity index (χ2v) is 3.35. The molecule has 0 aliphatic carbocycles. The van der Waals surface area contributed by atoms with Gasteiger partial charge in [0.05, 0.1) is 4.92 Å². The van der Waals surface area contributed by atoms with E-state index in [-0.39, 0.29) is 5.69 Å². The van der Waals surface area contributed by atoms with Gasteiger partial charge >= 0.3 is 6.03 Å². The number of nitrogens with two attached hydrogens (primary N) is 1. The second-order valence-electron chi connectivity index (χ2n) is 3.35. The Labute approximate surface area is 104 Å². The number of rotatable bonds is 5. The first kappa shape index (κ1) is 13.7. The van der Waals surface area contributed by atoms with Crippen LogP contribution in [-0.4, -0.2) is 24.0 Å². The molecule has 18 heavy (non-hydrogen) atoms. The van der Waals surface area contributed by atoms with E-state index in [1.807, 2.05) is 0 Å². The summed E-state index contributed by atoms with van der Waals surface area (Å²) in [6, 6.07) is 5.28. The van der Waals surface area contributed by atoms with E-state index in [1.165, 1.54) is 18.2 Å². The number of urea groups is 1. The summed E-state index contributed by atoms with van der Waals surface area (Å²) in [6.07, 6.45) is 3.43. The lowest BCUT2D eigenvalue weighted by Gasteiger charge is -2.05. The van der Waals surface area contributed by atoms with Crippen molar-refractivity contribution in [1.29, 1.82) is 0 Å². The molecular weight excluding hydrogens is 236 g/mol. The fourth-order valence-corrected chi connectivity index (χ4v) is 1.20. The second kappa shape index (κ2) is 7.02. The highest BCUT2D eigenvalue weighted by Gasteiger charge is 2.07. The van der Waals surface area contributed by atoms with Crippen LogP contribution in [0.1, 0.15) is 0 Å². The van der Waals surface area contributed by atoms with Crippen molar-refractivity contribution in [3.63, 3.8) is 0 Å². The molecular formula is C11H14N4O3. The molecule has 1 rings (SSSR count). The molecule has 4 N–H and O–H groups in total. The first-order valence-corrected chi connectivity index (χ1v) is 5.28. The molecule has 7 heteroatoms. The predicted molar refractivity (Wildman–Crippen MR) is 68.3 cm³/mol. The highest BCUT2D eigenvalue weighted by Crippen LogP contribution is 2.16. The van der Waals surface area contributed by atoms with Crippen LogP contribution in [0.5, 0.6) is 0 Å². The van der Waals surface area contributed by atoms with Gasteiger partial charge in [-0.2, -0.15) is 0 Å². The summed E-state index contributed by atoms with van der Waals surface area (Å²) in [6.45, 7) is 0.756. The van der Waals surface area contributed by atoms with Crippen molar-refractivity contribution in [3.8, 4) is 0 Å². The number of carbonyl (C=O) groups excluding carboxylic acids is 1. The minimum absolute atomic E-state index is 0.0733.